The summed E-state index contributed by atoms with van der Waals surface area (Å²) in [5.74, 6) is 1.16. The van der Waals surface area contributed by atoms with E-state index in [0.29, 0.717) is 35.5 Å². The Labute approximate surface area is 169 Å². The fourth-order valence-electron chi connectivity index (χ4n) is 4.11. The molecular weight excluding hydrogens is 376 g/mol. The normalized spacial score (nSPS) is 27.7. The van der Waals surface area contributed by atoms with Crippen LogP contribution in [0.5, 0.6) is 0 Å². The Bertz CT molecular complexity index is 824. The number of fused-ring (bicyclic) bond motifs is 1. The number of unbranched alkanes of at least 4 members (excludes halogenated alkanes) is 1. The molecule has 0 bridgehead atoms. The Morgan fingerprint density at radius 3 is 2.69 bits per heavy atom. The minimum absolute atomic E-state index is 0.365. The number of hydrogen-bond donors (Lipinski definition) is 5. The molecule has 4 rings (SSSR count). The first-order valence-corrected chi connectivity index (χ1v) is 10.5. The van der Waals surface area contributed by atoms with Crippen LogP contribution in [0, 0.1) is 0 Å². The van der Waals surface area contributed by atoms with Gasteiger partial charge in [0.1, 0.15) is 24.6 Å². The summed E-state index contributed by atoms with van der Waals surface area (Å²) < 4.78 is 7.42. The number of hydrogen-bond acceptors (Lipinski definition) is 9. The maximum atomic E-state index is 10.6. The molecule has 10 nitrogen and oxygen atoms in total. The van der Waals surface area contributed by atoms with Crippen molar-refractivity contribution in [3.8, 4) is 0 Å². The largest absolute Gasteiger partial charge is 0.394 e. The minimum Gasteiger partial charge on any atom is -0.394 e. The van der Waals surface area contributed by atoms with Crippen LogP contribution in [0.3, 0.4) is 0 Å². The molecule has 2 fully saturated rings. The van der Waals surface area contributed by atoms with Crippen molar-refractivity contribution in [3.63, 3.8) is 0 Å². The summed E-state index contributed by atoms with van der Waals surface area (Å²) in [6.45, 7) is 2.42. The molecule has 0 radical (unpaired) electrons. The van der Waals surface area contributed by atoms with Gasteiger partial charge in [-0.2, -0.15) is 0 Å². The van der Waals surface area contributed by atoms with Gasteiger partial charge in [0.05, 0.1) is 6.61 Å². The molecule has 4 atom stereocenters. The lowest BCUT2D eigenvalue weighted by atomic mass is 10.1. The Morgan fingerprint density at radius 1 is 1.21 bits per heavy atom. The topological polar surface area (TPSA) is 138 Å². The van der Waals surface area contributed by atoms with Crippen LogP contribution in [0.4, 0.5) is 11.8 Å². The van der Waals surface area contributed by atoms with Crippen LogP contribution in [0.1, 0.15) is 51.7 Å². The van der Waals surface area contributed by atoms with Crippen LogP contribution in [0.15, 0.2) is 6.33 Å². The Balaban J connectivity index is 1.73. The van der Waals surface area contributed by atoms with Gasteiger partial charge in [-0.05, 0) is 19.3 Å². The van der Waals surface area contributed by atoms with E-state index in [1.165, 1.54) is 19.2 Å². The summed E-state index contributed by atoms with van der Waals surface area (Å²) in [6, 6.07) is 0.365. The summed E-state index contributed by atoms with van der Waals surface area (Å²) >= 11 is 0. The van der Waals surface area contributed by atoms with Crippen molar-refractivity contribution < 1.29 is 20.1 Å². The average molecular weight is 406 g/mol. The van der Waals surface area contributed by atoms with Crippen LogP contribution in [0.2, 0.25) is 0 Å². The molecule has 3 heterocycles. The third-order valence-corrected chi connectivity index (χ3v) is 5.76. The van der Waals surface area contributed by atoms with Crippen molar-refractivity contribution in [2.24, 2.45) is 0 Å². The van der Waals surface area contributed by atoms with Gasteiger partial charge in [-0.3, -0.25) is 4.57 Å². The quantitative estimate of drug-likeness (QED) is 0.407. The number of nitrogens with one attached hydrogen (secondary N) is 2. The van der Waals surface area contributed by atoms with E-state index in [-0.39, 0.29) is 6.61 Å². The maximum Gasteiger partial charge on any atom is 0.207 e. The van der Waals surface area contributed by atoms with E-state index in [4.69, 9.17) is 9.72 Å². The third-order valence-electron chi connectivity index (χ3n) is 5.76. The number of anilines is 2. The first-order chi connectivity index (χ1) is 14.1. The summed E-state index contributed by atoms with van der Waals surface area (Å²) in [5.41, 5.74) is 1.10. The van der Waals surface area contributed by atoms with Gasteiger partial charge in [0.25, 0.3) is 0 Å². The third kappa shape index (κ3) is 3.89. The van der Waals surface area contributed by atoms with Gasteiger partial charge in [-0.1, -0.05) is 26.2 Å². The molecule has 160 valence electrons. The van der Waals surface area contributed by atoms with Gasteiger partial charge in [0.2, 0.25) is 5.95 Å². The Hall–Kier alpha value is -2.01. The molecule has 5 N–H and O–H groups in total. The molecule has 29 heavy (non-hydrogen) atoms. The summed E-state index contributed by atoms with van der Waals surface area (Å²) in [4.78, 5) is 13.5. The zero-order valence-electron chi connectivity index (χ0n) is 16.7. The van der Waals surface area contributed by atoms with Crippen LogP contribution in [-0.2, 0) is 4.74 Å². The van der Waals surface area contributed by atoms with Crippen LogP contribution < -0.4 is 10.6 Å². The first kappa shape index (κ1) is 20.3. The average Bonchev–Trinajstić information content (AvgIpc) is 3.42. The number of nitrogens with zero attached hydrogens (tertiary/aromatic N) is 4. The number of aromatic nitrogens is 4. The number of rotatable bonds is 8. The van der Waals surface area contributed by atoms with Crippen molar-refractivity contribution in [1.82, 2.24) is 19.5 Å². The summed E-state index contributed by atoms with van der Waals surface area (Å²) in [7, 11) is 0. The number of imidazole rings is 1. The van der Waals surface area contributed by atoms with Crippen molar-refractivity contribution in [2.75, 3.05) is 23.8 Å². The van der Waals surface area contributed by atoms with E-state index in [1.807, 2.05) is 0 Å². The van der Waals surface area contributed by atoms with E-state index < -0.39 is 24.5 Å². The smallest absolute Gasteiger partial charge is 0.207 e. The molecule has 1 saturated heterocycles. The van der Waals surface area contributed by atoms with Crippen LogP contribution in [-0.4, -0.2) is 72.3 Å². The molecule has 1 saturated carbocycles. The maximum absolute atomic E-state index is 10.6. The van der Waals surface area contributed by atoms with Crippen LogP contribution in [0.25, 0.3) is 11.2 Å². The Morgan fingerprint density at radius 2 is 2.00 bits per heavy atom. The Kier molecular flexibility index (Phi) is 6.14. The number of ether oxygens (including phenoxy) is 1. The summed E-state index contributed by atoms with van der Waals surface area (Å²) in [6.07, 6.45) is 3.87. The van der Waals surface area contributed by atoms with E-state index in [0.717, 1.165) is 25.7 Å². The molecule has 0 aromatic carbocycles. The van der Waals surface area contributed by atoms with E-state index in [9.17, 15) is 15.3 Å². The second kappa shape index (κ2) is 8.78. The number of aliphatic hydroxyl groups is 3. The lowest BCUT2D eigenvalue weighted by Gasteiger charge is -2.19. The molecule has 1 aliphatic carbocycles. The van der Waals surface area contributed by atoms with Gasteiger partial charge >= 0.3 is 0 Å². The second-order valence-electron chi connectivity index (χ2n) is 7.83. The van der Waals surface area contributed by atoms with Gasteiger partial charge in [0, 0.05) is 12.6 Å². The highest BCUT2D eigenvalue weighted by Crippen LogP contribution is 2.36. The monoisotopic (exact) mass is 406 g/mol. The molecule has 0 spiro atoms. The van der Waals surface area contributed by atoms with Crippen molar-refractivity contribution in [3.05, 3.63) is 6.33 Å². The highest BCUT2D eigenvalue weighted by Gasteiger charge is 2.45. The summed E-state index contributed by atoms with van der Waals surface area (Å²) in [5, 5.41) is 37.0. The minimum atomic E-state index is -1.21. The predicted molar refractivity (Wildman–Crippen MR) is 108 cm³/mol. The van der Waals surface area contributed by atoms with Gasteiger partial charge in [-0.15, -0.1) is 0 Å². The second-order valence-corrected chi connectivity index (χ2v) is 7.83. The fourth-order valence-corrected chi connectivity index (χ4v) is 4.11. The zero-order valence-corrected chi connectivity index (χ0v) is 16.7. The molecule has 2 aromatic heterocycles. The molecule has 0 unspecified atom stereocenters. The molecule has 1 aliphatic heterocycles. The van der Waals surface area contributed by atoms with E-state index >= 15 is 0 Å². The van der Waals surface area contributed by atoms with Gasteiger partial charge in [0.15, 0.2) is 23.2 Å². The fraction of sp³-hybridized carbons (Fsp3) is 0.737. The van der Waals surface area contributed by atoms with E-state index in [2.05, 4.69) is 27.5 Å². The molecule has 10 heteroatoms. The lowest BCUT2D eigenvalue weighted by molar-refractivity contribution is -0.0501. The van der Waals surface area contributed by atoms with Crippen molar-refractivity contribution >= 4 is 22.9 Å². The molecule has 0 amide bonds. The van der Waals surface area contributed by atoms with Gasteiger partial charge in [-0.25, -0.2) is 15.0 Å². The highest BCUT2D eigenvalue weighted by atomic mass is 16.6. The molecular formula is C19H30N6O4. The van der Waals surface area contributed by atoms with Crippen LogP contribution >= 0.6 is 0 Å². The first-order valence-electron chi connectivity index (χ1n) is 10.5. The zero-order chi connectivity index (χ0) is 20.4. The highest BCUT2D eigenvalue weighted by molar-refractivity contribution is 5.85. The SMILES string of the molecule is CCCCNc1nc2c(NC3CCCC3)ncnc2n1[C@@H]1O[C@H](CO)[C@@H](O)[C@H]1O. The van der Waals surface area contributed by atoms with Crippen molar-refractivity contribution in [2.45, 2.75) is 76.0 Å². The lowest BCUT2D eigenvalue weighted by Crippen LogP contribution is -2.33. The number of aliphatic hydroxyl groups excluding tert-OH is 3. The standard InChI is InChI=1S/C19H30N6O4/c1-2-3-8-20-19-24-13-16(23-11-6-4-5-7-11)21-10-22-17(13)25(19)18-15(28)14(27)12(9-26)29-18/h10-12,14-15,18,26-28H,2-9H2,1H3,(H,20,24)(H,21,22,23)/t12-,14-,15-,18-/m1/s1. The molecule has 2 aliphatic rings. The molecule has 2 aromatic rings. The predicted octanol–water partition coefficient (Wildman–Crippen LogP) is 1.00. The van der Waals surface area contributed by atoms with E-state index in [1.54, 1.807) is 4.57 Å². The van der Waals surface area contributed by atoms with Crippen molar-refractivity contribution in [1.29, 1.82) is 0 Å². The van der Waals surface area contributed by atoms with Gasteiger partial charge < -0.3 is 30.7 Å².